The first-order valence-electron chi connectivity index (χ1n) is 4.45. The lowest BCUT2D eigenvalue weighted by Crippen LogP contribution is -2.40. The van der Waals surface area contributed by atoms with Crippen molar-refractivity contribution in [3.63, 3.8) is 0 Å². The van der Waals surface area contributed by atoms with E-state index in [0.29, 0.717) is 0 Å². The average molecular weight is 122 g/mol. The van der Waals surface area contributed by atoms with Gasteiger partial charge in [0.2, 0.25) is 0 Å². The summed E-state index contributed by atoms with van der Waals surface area (Å²) in [7, 11) is 0. The summed E-state index contributed by atoms with van der Waals surface area (Å²) >= 11 is 0. The Morgan fingerprint density at radius 1 is 0.667 bits per heavy atom. The Balaban J connectivity index is 1.96. The lowest BCUT2D eigenvalue weighted by atomic mass is 9.57. The quantitative estimate of drug-likeness (QED) is 0.463. The molecule has 4 bridgehead atoms. The van der Waals surface area contributed by atoms with Crippen molar-refractivity contribution in [2.45, 2.75) is 32.1 Å². The second-order valence-corrected chi connectivity index (χ2v) is 4.24. The molecular weight excluding hydrogens is 108 g/mol. The van der Waals surface area contributed by atoms with Crippen molar-refractivity contribution in [2.75, 3.05) is 0 Å². The molecule has 4 fully saturated rings. The van der Waals surface area contributed by atoms with Crippen LogP contribution in [0.4, 0.5) is 0 Å². The van der Waals surface area contributed by atoms with E-state index >= 15 is 0 Å². The van der Waals surface area contributed by atoms with Crippen molar-refractivity contribution in [2.24, 2.45) is 23.7 Å². The third kappa shape index (κ3) is 0.426. The van der Waals surface area contributed by atoms with Crippen molar-refractivity contribution < 1.29 is 0 Å². The van der Waals surface area contributed by atoms with Crippen LogP contribution in [0.15, 0.2) is 0 Å². The van der Waals surface area contributed by atoms with Crippen molar-refractivity contribution in [3.05, 3.63) is 0 Å². The van der Waals surface area contributed by atoms with Crippen LogP contribution in [0.2, 0.25) is 0 Å². The van der Waals surface area contributed by atoms with Gasteiger partial charge in [0.25, 0.3) is 0 Å². The topological polar surface area (TPSA) is 0 Å². The molecule has 4 atom stereocenters. The molecule has 4 saturated carbocycles. The van der Waals surface area contributed by atoms with Crippen LogP contribution in [0.1, 0.15) is 32.1 Å². The Morgan fingerprint density at radius 2 is 1.44 bits per heavy atom. The molecule has 4 aliphatic carbocycles. The zero-order valence-corrected chi connectivity index (χ0v) is 5.84. The van der Waals surface area contributed by atoms with Crippen LogP contribution in [-0.4, -0.2) is 0 Å². The highest BCUT2D eigenvalue weighted by Gasteiger charge is 2.52. The predicted molar refractivity (Wildman–Crippen MR) is 37.0 cm³/mol. The molecule has 0 N–H and O–H groups in total. The van der Waals surface area contributed by atoms with Gasteiger partial charge in [-0.05, 0) is 55.8 Å². The smallest absolute Gasteiger partial charge is 0.0352 e. The molecule has 4 aliphatic rings. The van der Waals surface area contributed by atoms with E-state index in [-0.39, 0.29) is 0 Å². The molecule has 0 heterocycles. The first kappa shape index (κ1) is 4.76. The van der Waals surface area contributed by atoms with Gasteiger partial charge in [-0.25, -0.2) is 0 Å². The zero-order valence-electron chi connectivity index (χ0n) is 5.84. The molecule has 0 radical (unpaired) electrons. The van der Waals surface area contributed by atoms with Gasteiger partial charge in [-0.2, -0.15) is 0 Å². The van der Waals surface area contributed by atoms with Crippen molar-refractivity contribution >= 4 is 0 Å². The normalized spacial score (nSPS) is 61.3. The molecule has 4 unspecified atom stereocenters. The first-order chi connectivity index (χ1) is 4.45. The number of rotatable bonds is 0. The highest BCUT2D eigenvalue weighted by molar-refractivity contribution is 5.01. The molecule has 9 heavy (non-hydrogen) atoms. The van der Waals surface area contributed by atoms with Crippen LogP contribution in [0.25, 0.3) is 0 Å². The molecule has 4 rings (SSSR count). The summed E-state index contributed by atoms with van der Waals surface area (Å²) < 4.78 is 0. The van der Waals surface area contributed by atoms with Crippen LogP contribution in [-0.2, 0) is 0 Å². The van der Waals surface area contributed by atoms with Crippen LogP contribution in [0.5, 0.6) is 0 Å². The molecule has 0 saturated heterocycles. The van der Waals surface area contributed by atoms with E-state index in [1.165, 1.54) is 23.7 Å². The van der Waals surface area contributed by atoms with Gasteiger partial charge in [0.15, 0.2) is 0 Å². The van der Waals surface area contributed by atoms with Crippen LogP contribution < -0.4 is 0 Å². The second-order valence-electron chi connectivity index (χ2n) is 4.24. The van der Waals surface area contributed by atoms with Gasteiger partial charge in [-0.3, -0.25) is 0 Å². The van der Waals surface area contributed by atoms with Crippen molar-refractivity contribution in [1.82, 2.24) is 0 Å². The molecule has 0 amide bonds. The average Bonchev–Trinajstić information content (AvgIpc) is 2.06. The minimum absolute atomic E-state index is 1.19. The molecular formula is C9H14. The highest BCUT2D eigenvalue weighted by Crippen LogP contribution is 2.61. The van der Waals surface area contributed by atoms with Gasteiger partial charge >= 0.3 is 0 Å². The molecule has 50 valence electrons. The van der Waals surface area contributed by atoms with Gasteiger partial charge in [0.05, 0.1) is 0 Å². The van der Waals surface area contributed by atoms with E-state index in [0.717, 1.165) is 0 Å². The van der Waals surface area contributed by atoms with Gasteiger partial charge in [-0.1, -0.05) is 0 Å². The Morgan fingerprint density at radius 3 is 2.11 bits per heavy atom. The van der Waals surface area contributed by atoms with E-state index in [1.807, 2.05) is 0 Å². The largest absolute Gasteiger partial charge is 0.0499 e. The van der Waals surface area contributed by atoms with E-state index < -0.39 is 0 Å². The van der Waals surface area contributed by atoms with E-state index in [1.54, 1.807) is 32.1 Å². The molecule has 0 aromatic rings. The fraction of sp³-hybridized carbons (Fsp3) is 1.00. The summed E-state index contributed by atoms with van der Waals surface area (Å²) in [5.74, 6) is 4.85. The fourth-order valence-electron chi connectivity index (χ4n) is 3.58. The predicted octanol–water partition coefficient (Wildman–Crippen LogP) is 2.44. The van der Waals surface area contributed by atoms with Crippen LogP contribution >= 0.6 is 0 Å². The Hall–Kier alpha value is 0. The lowest BCUT2D eigenvalue weighted by Gasteiger charge is -2.48. The number of fused-ring (bicyclic) bond motifs is 1. The number of hydrogen-bond acceptors (Lipinski definition) is 0. The van der Waals surface area contributed by atoms with Gasteiger partial charge < -0.3 is 0 Å². The van der Waals surface area contributed by atoms with Crippen molar-refractivity contribution in [1.29, 1.82) is 0 Å². The minimum atomic E-state index is 1.19. The highest BCUT2D eigenvalue weighted by atomic mass is 14.6. The molecule has 0 nitrogen and oxygen atoms in total. The minimum Gasteiger partial charge on any atom is -0.0499 e. The maximum absolute atomic E-state index is 1.62. The summed E-state index contributed by atoms with van der Waals surface area (Å²) in [6.45, 7) is 0. The lowest BCUT2D eigenvalue weighted by molar-refractivity contribution is 0.0160. The molecule has 0 aromatic heterocycles. The van der Waals surface area contributed by atoms with Gasteiger partial charge in [-0.15, -0.1) is 0 Å². The monoisotopic (exact) mass is 122 g/mol. The van der Waals surface area contributed by atoms with Crippen molar-refractivity contribution in [3.8, 4) is 0 Å². The van der Waals surface area contributed by atoms with E-state index in [2.05, 4.69) is 0 Å². The molecule has 0 spiro atoms. The summed E-state index contributed by atoms with van der Waals surface area (Å²) in [6, 6.07) is 0. The Bertz CT molecular complexity index is 121. The fourth-order valence-corrected chi connectivity index (χ4v) is 3.58. The molecule has 0 aliphatic heterocycles. The van der Waals surface area contributed by atoms with Crippen LogP contribution in [0, 0.1) is 23.7 Å². The summed E-state index contributed by atoms with van der Waals surface area (Å²) in [6.07, 6.45) is 7.98. The molecule has 0 heteroatoms. The standard InChI is InChI=1S/C9H14/c1-2-7-5-9-6(1)3-4-8(7)9/h6-9H,1-5H2. The SMILES string of the molecule is C1CC2CCC3C1CC23. The van der Waals surface area contributed by atoms with E-state index in [4.69, 9.17) is 0 Å². The maximum atomic E-state index is 1.62. The number of hydrogen-bond donors (Lipinski definition) is 0. The molecule has 0 aromatic carbocycles. The third-order valence-corrected chi connectivity index (χ3v) is 4.11. The Labute approximate surface area is 56.6 Å². The second kappa shape index (κ2) is 1.36. The maximum Gasteiger partial charge on any atom is -0.0352 e. The third-order valence-electron chi connectivity index (χ3n) is 4.11. The summed E-state index contributed by atoms with van der Waals surface area (Å²) in [4.78, 5) is 0. The van der Waals surface area contributed by atoms with Gasteiger partial charge in [0.1, 0.15) is 0 Å². The summed E-state index contributed by atoms with van der Waals surface area (Å²) in [5, 5.41) is 0. The summed E-state index contributed by atoms with van der Waals surface area (Å²) in [5.41, 5.74) is 0. The zero-order chi connectivity index (χ0) is 5.84. The van der Waals surface area contributed by atoms with E-state index in [9.17, 15) is 0 Å². The Kier molecular flexibility index (Phi) is 0.717. The van der Waals surface area contributed by atoms with Gasteiger partial charge in [0, 0.05) is 0 Å². The van der Waals surface area contributed by atoms with Crippen LogP contribution in [0.3, 0.4) is 0 Å². The first-order valence-corrected chi connectivity index (χ1v) is 4.45.